The zero-order valence-corrected chi connectivity index (χ0v) is 80.6. The number of carbonyl (C=O) groups excluding carboxylic acids is 2. The van der Waals surface area contributed by atoms with Gasteiger partial charge in [0.2, 0.25) is 0 Å². The Balaban J connectivity index is 1.07. The number of rotatable bonds is 44. The molecule has 8 aromatic heterocycles. The number of nitriles is 4. The van der Waals surface area contributed by atoms with Crippen LogP contribution < -0.4 is 0 Å². The minimum atomic E-state index is -0.149. The van der Waals surface area contributed by atoms with Crippen LogP contribution in [-0.2, 0) is 38.5 Å². The third-order valence-corrected chi connectivity index (χ3v) is 36.0. The third kappa shape index (κ3) is 20.4. The maximum Gasteiger partial charge on any atom is 0.194 e. The van der Waals surface area contributed by atoms with Gasteiger partial charge in [0.15, 0.2) is 11.6 Å². The molecule has 0 saturated heterocycles. The van der Waals surface area contributed by atoms with Gasteiger partial charge >= 0.3 is 0 Å². The fraction of sp³-hybridized carbons (Fsp3) is 0.444. The van der Waals surface area contributed by atoms with Gasteiger partial charge in [-0.3, -0.25) is 9.59 Å². The second kappa shape index (κ2) is 43.8. The molecule has 6 unspecified atom stereocenters. The SMILES string of the molecule is CCCCC(CC)Cc1ccc(-c2c3cc(-c4sc(-c5sc(/C=C6\C(=O)c7ccccc7C6=C(C#N)C#N)cc5CC(CC)CCCC)cc4CC(CC)CCCC)sc3c(-c3ccc(CC(CC)CCCC)s3)c3cc(-c4sc(-c5sc(C=C6C(=O)c7ccccc7C6=C(C#N)C#N)cc5CC(CC)CCCC)cc4CC(CC)CCCC)sc23)s1. The fourth-order valence-corrected chi connectivity index (χ4v) is 28.9. The standard InChI is InChI=1S/C108H122N4O2S8/c1-13-25-35-67(19-7)49-73-55-81(59-87-97(77(63-109)64-110)83-41-31-33-43-85(83)101(87)113)117-103(73)93-57-75(51-69(21-9)37-27-15-3)105(119-93)95-61-89-99(91-47-45-79(115-91)53-71(23-11)39-29-17-5)108-90(100(107(89)121-95)92-48-46-80(116-92)54-72(24-12)40-30-18-6)62-96(122-108)106-76(52-70(22-10)38-28-16-4)58-94(120-106)104-74(50-68(20-8)36-26-14-2)56-82(118-104)60-88-98(78(65-111)66-112)84-42-32-34-44-86(84)102(88)114/h31-34,41-48,55-62,67-72H,13-30,35-40,49-54H2,1-12H3/b87-59-,88-60?. The minimum Gasteiger partial charge on any atom is -0.289 e. The summed E-state index contributed by atoms with van der Waals surface area (Å²) in [6.07, 6.45) is 37.9. The van der Waals surface area contributed by atoms with E-state index in [1.807, 2.05) is 129 Å². The van der Waals surface area contributed by atoms with Crippen LogP contribution in [0.15, 0.2) is 131 Å². The first-order valence-electron chi connectivity index (χ1n) is 46.1. The van der Waals surface area contributed by atoms with Crippen LogP contribution in [0.25, 0.3) is 103 Å². The van der Waals surface area contributed by atoms with Gasteiger partial charge in [-0.25, -0.2) is 0 Å². The van der Waals surface area contributed by atoms with Crippen LogP contribution in [0.1, 0.15) is 311 Å². The van der Waals surface area contributed by atoms with Crippen molar-refractivity contribution < 1.29 is 9.59 Å². The summed E-state index contributed by atoms with van der Waals surface area (Å²) in [4.78, 5) is 47.2. The molecule has 0 fully saturated rings. The van der Waals surface area contributed by atoms with Gasteiger partial charge in [-0.15, -0.1) is 90.7 Å². The number of Topliss-reactive ketones (excluding diaryl/α,β-unsaturated/α-hetero) is 2. The molecule has 0 N–H and O–H groups in total. The summed E-state index contributed by atoms with van der Waals surface area (Å²) in [6, 6.07) is 48.6. The Hall–Kier alpha value is -7.96. The van der Waals surface area contributed by atoms with Crippen LogP contribution >= 0.6 is 90.7 Å². The van der Waals surface area contributed by atoms with Gasteiger partial charge in [-0.2, -0.15) is 21.0 Å². The molecular formula is C108H122N4O2S8. The highest BCUT2D eigenvalue weighted by molar-refractivity contribution is 7.31. The number of allylic oxidation sites excluding steroid dienone is 6. The molecule has 0 bridgehead atoms. The molecule has 2 aliphatic rings. The van der Waals surface area contributed by atoms with Gasteiger partial charge < -0.3 is 0 Å². The van der Waals surface area contributed by atoms with Crippen LogP contribution in [-0.4, -0.2) is 11.6 Å². The monoisotopic (exact) mass is 1760 g/mol. The Labute approximate surface area is 760 Å². The number of nitrogens with zero attached hydrogens (tertiary/aromatic N) is 4. The van der Waals surface area contributed by atoms with Gasteiger partial charge in [0, 0.05) is 133 Å². The molecule has 14 heteroatoms. The quantitative estimate of drug-likeness (QED) is 0.0276. The van der Waals surface area contributed by atoms with Crippen LogP contribution in [0.2, 0.25) is 0 Å². The van der Waals surface area contributed by atoms with Gasteiger partial charge in [-0.1, -0.05) is 286 Å². The molecule has 8 heterocycles. The first-order valence-corrected chi connectivity index (χ1v) is 52.7. The molecule has 0 spiro atoms. The maximum atomic E-state index is 14.7. The van der Waals surface area contributed by atoms with Crippen molar-refractivity contribution in [2.45, 2.75) is 276 Å². The van der Waals surface area contributed by atoms with E-state index in [0.717, 1.165) is 125 Å². The van der Waals surface area contributed by atoms with Gasteiger partial charge in [0.05, 0.1) is 0 Å². The van der Waals surface area contributed by atoms with Crippen molar-refractivity contribution in [1.82, 2.24) is 0 Å². The first kappa shape index (κ1) is 91.7. The highest BCUT2D eigenvalue weighted by Gasteiger charge is 2.36. The first-order chi connectivity index (χ1) is 59.6. The zero-order chi connectivity index (χ0) is 86.1. The number of hydrogen-bond donors (Lipinski definition) is 0. The number of hydrogen-bond acceptors (Lipinski definition) is 14. The lowest BCUT2D eigenvalue weighted by atomic mass is 9.90. The largest absolute Gasteiger partial charge is 0.289 e. The van der Waals surface area contributed by atoms with E-state index in [-0.39, 0.29) is 22.7 Å². The van der Waals surface area contributed by atoms with Gasteiger partial charge in [-0.05, 0) is 180 Å². The predicted octanol–water partition coefficient (Wildman–Crippen LogP) is 35.2. The number of ketones is 2. The van der Waals surface area contributed by atoms with E-state index in [4.69, 9.17) is 0 Å². The van der Waals surface area contributed by atoms with E-state index in [1.54, 1.807) is 22.7 Å². The lowest BCUT2D eigenvalue weighted by Gasteiger charge is -2.14. The van der Waals surface area contributed by atoms with Gasteiger partial charge in [0.25, 0.3) is 0 Å². The summed E-state index contributed by atoms with van der Waals surface area (Å²) in [5.41, 5.74) is 12.1. The maximum absolute atomic E-state index is 14.7. The number of carbonyl (C=O) groups is 2. The third-order valence-electron chi connectivity index (χ3n) is 26.1. The average Bonchev–Trinajstić information content (AvgIpc) is 1.55. The van der Waals surface area contributed by atoms with Crippen LogP contribution in [0, 0.1) is 80.8 Å². The van der Waals surface area contributed by atoms with Crippen LogP contribution in [0.3, 0.4) is 0 Å². The van der Waals surface area contributed by atoms with Crippen LogP contribution in [0.5, 0.6) is 0 Å². The van der Waals surface area contributed by atoms with Crippen molar-refractivity contribution in [1.29, 1.82) is 21.0 Å². The van der Waals surface area contributed by atoms with Gasteiger partial charge in [0.1, 0.15) is 35.4 Å². The van der Waals surface area contributed by atoms with E-state index in [9.17, 15) is 30.6 Å². The highest BCUT2D eigenvalue weighted by atomic mass is 32.1. The van der Waals surface area contributed by atoms with Crippen molar-refractivity contribution in [2.75, 3.05) is 0 Å². The Kier molecular flexibility index (Phi) is 32.9. The van der Waals surface area contributed by atoms with E-state index in [2.05, 4.69) is 168 Å². The molecule has 634 valence electrons. The van der Waals surface area contributed by atoms with E-state index < -0.39 is 0 Å². The van der Waals surface area contributed by atoms with Crippen molar-refractivity contribution in [3.05, 3.63) is 196 Å². The summed E-state index contributed by atoms with van der Waals surface area (Å²) in [5.74, 6) is 2.91. The minimum absolute atomic E-state index is 0.0422. The van der Waals surface area contributed by atoms with E-state index in [1.165, 1.54) is 189 Å². The molecule has 6 atom stereocenters. The zero-order valence-electron chi connectivity index (χ0n) is 74.1. The number of benzene rings is 3. The molecule has 2 aliphatic carbocycles. The fourth-order valence-electron chi connectivity index (χ4n) is 18.7. The lowest BCUT2D eigenvalue weighted by molar-refractivity contribution is 0.103. The molecular weight excluding hydrogens is 1640 g/mol. The topological polar surface area (TPSA) is 129 Å². The summed E-state index contributed by atoms with van der Waals surface area (Å²) in [5, 5.41) is 44.5. The molecule has 0 saturated carbocycles. The lowest BCUT2D eigenvalue weighted by Crippen LogP contribution is -2.03. The summed E-state index contributed by atoms with van der Waals surface area (Å²) >= 11 is 15.6. The summed E-state index contributed by atoms with van der Waals surface area (Å²) in [7, 11) is 0. The second-order valence-electron chi connectivity index (χ2n) is 34.5. The van der Waals surface area contributed by atoms with Crippen LogP contribution in [0.4, 0.5) is 0 Å². The Bertz CT molecular complexity index is 5400. The van der Waals surface area contributed by atoms with Crippen molar-refractivity contribution in [3.8, 4) is 84.2 Å². The van der Waals surface area contributed by atoms with Crippen molar-refractivity contribution >= 4 is 146 Å². The van der Waals surface area contributed by atoms with Crippen molar-refractivity contribution in [3.63, 3.8) is 0 Å². The molecule has 6 nitrogen and oxygen atoms in total. The summed E-state index contributed by atoms with van der Waals surface area (Å²) < 4.78 is 2.70. The number of fused-ring (bicyclic) bond motifs is 4. The molecule has 0 amide bonds. The Morgan fingerprint density at radius 1 is 0.320 bits per heavy atom. The molecule has 0 radical (unpaired) electrons. The molecule has 13 rings (SSSR count). The summed E-state index contributed by atoms with van der Waals surface area (Å²) in [6.45, 7) is 28.1. The Morgan fingerprint density at radius 2 is 0.607 bits per heavy atom. The predicted molar refractivity (Wildman–Crippen MR) is 533 cm³/mol. The number of thiophene rings is 8. The number of unbranched alkanes of at least 4 members (excludes halogenated alkanes) is 6. The normalized spacial score (nSPS) is 14.9. The highest BCUT2D eigenvalue weighted by Crippen LogP contribution is 2.58. The van der Waals surface area contributed by atoms with Crippen molar-refractivity contribution in [2.24, 2.45) is 35.5 Å². The molecule has 11 aromatic rings. The smallest absolute Gasteiger partial charge is 0.194 e. The average molecular weight is 1760 g/mol. The molecule has 3 aromatic carbocycles. The second-order valence-corrected chi connectivity index (χ2v) is 43.2. The van der Waals surface area contributed by atoms with E-state index >= 15 is 0 Å². The van der Waals surface area contributed by atoms with E-state index in [0.29, 0.717) is 80.1 Å². The molecule has 0 aliphatic heterocycles. The molecule has 122 heavy (non-hydrogen) atoms. The Morgan fingerprint density at radius 3 is 0.910 bits per heavy atom.